The SMILES string of the molecule is CCCCCCCC(=O)CC(=O)OCCC. The van der Waals surface area contributed by atoms with Crippen LogP contribution in [0.2, 0.25) is 0 Å². The molecule has 0 aliphatic carbocycles. The molecule has 0 unspecified atom stereocenters. The van der Waals surface area contributed by atoms with Gasteiger partial charge in [-0.1, -0.05) is 39.5 Å². The molecule has 0 atom stereocenters. The second kappa shape index (κ2) is 10.7. The predicted octanol–water partition coefficient (Wildman–Crippen LogP) is 3.26. The molecule has 0 bridgehead atoms. The molecule has 0 spiro atoms. The molecular weight excluding hydrogens is 204 g/mol. The van der Waals surface area contributed by atoms with E-state index in [1.165, 1.54) is 19.3 Å². The highest BCUT2D eigenvalue weighted by molar-refractivity contribution is 5.95. The lowest BCUT2D eigenvalue weighted by Gasteiger charge is -2.02. The Kier molecular flexibility index (Phi) is 10.1. The summed E-state index contributed by atoms with van der Waals surface area (Å²) in [5.41, 5.74) is 0. The van der Waals surface area contributed by atoms with E-state index in [9.17, 15) is 9.59 Å². The molecule has 94 valence electrons. The predicted molar refractivity (Wildman–Crippen MR) is 64.3 cm³/mol. The smallest absolute Gasteiger partial charge is 0.313 e. The van der Waals surface area contributed by atoms with Crippen LogP contribution in [0.4, 0.5) is 0 Å². The summed E-state index contributed by atoms with van der Waals surface area (Å²) < 4.78 is 4.85. The lowest BCUT2D eigenvalue weighted by atomic mass is 10.1. The number of Topliss-reactive ketones (excluding diaryl/α,β-unsaturated/α-hetero) is 1. The van der Waals surface area contributed by atoms with E-state index < -0.39 is 0 Å². The second-order valence-electron chi connectivity index (χ2n) is 4.10. The van der Waals surface area contributed by atoms with Gasteiger partial charge >= 0.3 is 5.97 Å². The molecule has 0 aromatic heterocycles. The minimum Gasteiger partial charge on any atom is -0.465 e. The number of carbonyl (C=O) groups excluding carboxylic acids is 2. The van der Waals surface area contributed by atoms with Crippen molar-refractivity contribution in [1.82, 2.24) is 0 Å². The lowest BCUT2D eigenvalue weighted by molar-refractivity contribution is -0.146. The average molecular weight is 228 g/mol. The van der Waals surface area contributed by atoms with Gasteiger partial charge in [0.25, 0.3) is 0 Å². The van der Waals surface area contributed by atoms with Crippen molar-refractivity contribution in [1.29, 1.82) is 0 Å². The van der Waals surface area contributed by atoms with Gasteiger partial charge in [0, 0.05) is 6.42 Å². The summed E-state index contributed by atoms with van der Waals surface area (Å²) in [5.74, 6) is -0.363. The van der Waals surface area contributed by atoms with E-state index in [1.807, 2.05) is 6.92 Å². The minimum atomic E-state index is -0.375. The third-order valence-electron chi connectivity index (χ3n) is 2.37. The summed E-state index contributed by atoms with van der Waals surface area (Å²) in [4.78, 5) is 22.5. The van der Waals surface area contributed by atoms with Crippen molar-refractivity contribution in [2.24, 2.45) is 0 Å². The number of hydrogen-bond donors (Lipinski definition) is 0. The summed E-state index contributed by atoms with van der Waals surface area (Å²) in [6.07, 6.45) is 6.88. The Balaban J connectivity index is 3.40. The first-order chi connectivity index (χ1) is 7.70. The standard InChI is InChI=1S/C13H24O3/c1-3-5-6-7-8-9-12(14)11-13(15)16-10-4-2/h3-11H2,1-2H3. The quantitative estimate of drug-likeness (QED) is 0.327. The molecule has 0 aromatic rings. The molecule has 3 nitrogen and oxygen atoms in total. The van der Waals surface area contributed by atoms with Crippen LogP contribution in [0.15, 0.2) is 0 Å². The second-order valence-corrected chi connectivity index (χ2v) is 4.10. The highest BCUT2D eigenvalue weighted by Gasteiger charge is 2.09. The van der Waals surface area contributed by atoms with Crippen molar-refractivity contribution in [2.75, 3.05) is 6.61 Å². The third-order valence-corrected chi connectivity index (χ3v) is 2.37. The number of esters is 1. The molecule has 0 fully saturated rings. The number of unbranched alkanes of at least 4 members (excludes halogenated alkanes) is 4. The zero-order valence-corrected chi connectivity index (χ0v) is 10.6. The van der Waals surface area contributed by atoms with Crippen molar-refractivity contribution in [2.45, 2.75) is 65.2 Å². The average Bonchev–Trinajstić information content (AvgIpc) is 2.26. The maximum Gasteiger partial charge on any atom is 0.313 e. The van der Waals surface area contributed by atoms with Crippen molar-refractivity contribution in [3.8, 4) is 0 Å². The Morgan fingerprint density at radius 3 is 2.25 bits per heavy atom. The van der Waals surface area contributed by atoms with Crippen LogP contribution in [0.3, 0.4) is 0 Å². The van der Waals surface area contributed by atoms with Gasteiger partial charge in [-0.15, -0.1) is 0 Å². The molecule has 0 aromatic carbocycles. The van der Waals surface area contributed by atoms with Crippen LogP contribution in [-0.4, -0.2) is 18.4 Å². The van der Waals surface area contributed by atoms with E-state index >= 15 is 0 Å². The first-order valence-corrected chi connectivity index (χ1v) is 6.38. The summed E-state index contributed by atoms with van der Waals surface area (Å²) in [5, 5.41) is 0. The zero-order chi connectivity index (χ0) is 12.2. The number of ketones is 1. The largest absolute Gasteiger partial charge is 0.465 e. The van der Waals surface area contributed by atoms with Gasteiger partial charge in [-0.25, -0.2) is 0 Å². The lowest BCUT2D eigenvalue weighted by Crippen LogP contribution is -2.11. The molecule has 0 saturated heterocycles. The Morgan fingerprint density at radius 2 is 1.62 bits per heavy atom. The fourth-order valence-corrected chi connectivity index (χ4v) is 1.44. The first-order valence-electron chi connectivity index (χ1n) is 6.38. The Labute approximate surface area is 98.6 Å². The number of rotatable bonds is 10. The molecule has 0 N–H and O–H groups in total. The van der Waals surface area contributed by atoms with Gasteiger partial charge in [0.1, 0.15) is 12.2 Å². The fourth-order valence-electron chi connectivity index (χ4n) is 1.44. The molecular formula is C13H24O3. The number of carbonyl (C=O) groups is 2. The van der Waals surface area contributed by atoms with Gasteiger partial charge in [0.2, 0.25) is 0 Å². The Hall–Kier alpha value is -0.860. The van der Waals surface area contributed by atoms with E-state index in [4.69, 9.17) is 4.74 Å². The van der Waals surface area contributed by atoms with Gasteiger partial charge in [-0.05, 0) is 12.8 Å². The number of ether oxygens (including phenoxy) is 1. The molecule has 3 heteroatoms. The van der Waals surface area contributed by atoms with Crippen molar-refractivity contribution in [3.05, 3.63) is 0 Å². The monoisotopic (exact) mass is 228 g/mol. The van der Waals surface area contributed by atoms with Gasteiger partial charge in [-0.3, -0.25) is 9.59 Å². The molecule has 0 radical (unpaired) electrons. The summed E-state index contributed by atoms with van der Waals surface area (Å²) in [6.45, 7) is 4.51. The van der Waals surface area contributed by atoms with Gasteiger partial charge < -0.3 is 4.74 Å². The van der Waals surface area contributed by atoms with E-state index in [-0.39, 0.29) is 18.2 Å². The summed E-state index contributed by atoms with van der Waals surface area (Å²) in [6, 6.07) is 0. The molecule has 0 heterocycles. The van der Waals surface area contributed by atoms with Crippen LogP contribution >= 0.6 is 0 Å². The van der Waals surface area contributed by atoms with Crippen molar-refractivity contribution >= 4 is 11.8 Å². The van der Waals surface area contributed by atoms with Crippen molar-refractivity contribution in [3.63, 3.8) is 0 Å². The summed E-state index contributed by atoms with van der Waals surface area (Å²) in [7, 11) is 0. The highest BCUT2D eigenvalue weighted by Crippen LogP contribution is 2.06. The Morgan fingerprint density at radius 1 is 0.938 bits per heavy atom. The molecule has 0 aliphatic rings. The van der Waals surface area contributed by atoms with Crippen molar-refractivity contribution < 1.29 is 14.3 Å². The van der Waals surface area contributed by atoms with E-state index in [0.717, 1.165) is 19.3 Å². The molecule has 0 rings (SSSR count). The number of hydrogen-bond acceptors (Lipinski definition) is 3. The van der Waals surface area contributed by atoms with Crippen LogP contribution in [0.1, 0.15) is 65.2 Å². The third kappa shape index (κ3) is 9.69. The highest BCUT2D eigenvalue weighted by atomic mass is 16.5. The normalized spacial score (nSPS) is 10.1. The van der Waals surface area contributed by atoms with Gasteiger partial charge in [-0.2, -0.15) is 0 Å². The van der Waals surface area contributed by atoms with E-state index in [2.05, 4.69) is 6.92 Å². The molecule has 16 heavy (non-hydrogen) atoms. The van der Waals surface area contributed by atoms with Crippen LogP contribution in [0.5, 0.6) is 0 Å². The van der Waals surface area contributed by atoms with Crippen LogP contribution in [0, 0.1) is 0 Å². The minimum absolute atomic E-state index is 0.0117. The first kappa shape index (κ1) is 15.1. The zero-order valence-electron chi connectivity index (χ0n) is 10.6. The van der Waals surface area contributed by atoms with Gasteiger partial charge in [0.05, 0.1) is 6.61 Å². The Bertz CT molecular complexity index is 199. The molecule has 0 saturated carbocycles. The van der Waals surface area contributed by atoms with Crippen LogP contribution in [-0.2, 0) is 14.3 Å². The maximum atomic E-state index is 11.3. The van der Waals surface area contributed by atoms with Gasteiger partial charge in [0.15, 0.2) is 0 Å². The fraction of sp³-hybridized carbons (Fsp3) is 0.846. The van der Waals surface area contributed by atoms with Crippen LogP contribution in [0.25, 0.3) is 0 Å². The van der Waals surface area contributed by atoms with Crippen LogP contribution < -0.4 is 0 Å². The topological polar surface area (TPSA) is 43.4 Å². The van der Waals surface area contributed by atoms with E-state index in [1.54, 1.807) is 0 Å². The molecule has 0 amide bonds. The van der Waals surface area contributed by atoms with E-state index in [0.29, 0.717) is 13.0 Å². The maximum absolute atomic E-state index is 11.3. The summed E-state index contributed by atoms with van der Waals surface area (Å²) >= 11 is 0. The molecule has 0 aliphatic heterocycles.